The SMILES string of the molecule is CN(CCN)C1=Nc2nc(Cl)ccc2C1. The zero-order chi connectivity index (χ0) is 10.8. The summed E-state index contributed by atoms with van der Waals surface area (Å²) >= 11 is 5.80. The van der Waals surface area contributed by atoms with Crippen molar-refractivity contribution in [2.24, 2.45) is 10.7 Å². The summed E-state index contributed by atoms with van der Waals surface area (Å²) in [5, 5.41) is 0.486. The molecule has 2 N–H and O–H groups in total. The molecule has 0 saturated carbocycles. The first kappa shape index (κ1) is 10.4. The minimum absolute atomic E-state index is 0.486. The fourth-order valence-electron chi connectivity index (χ4n) is 1.56. The van der Waals surface area contributed by atoms with Gasteiger partial charge in [0.15, 0.2) is 5.82 Å². The van der Waals surface area contributed by atoms with Crippen LogP contribution in [0.2, 0.25) is 5.15 Å². The molecule has 0 fully saturated rings. The summed E-state index contributed by atoms with van der Waals surface area (Å²) in [7, 11) is 1.99. The average molecular weight is 225 g/mol. The van der Waals surface area contributed by atoms with Gasteiger partial charge in [-0.15, -0.1) is 0 Å². The maximum atomic E-state index is 5.80. The quantitative estimate of drug-likeness (QED) is 0.769. The summed E-state index contributed by atoms with van der Waals surface area (Å²) in [6, 6.07) is 3.76. The zero-order valence-electron chi connectivity index (χ0n) is 8.57. The summed E-state index contributed by atoms with van der Waals surface area (Å²) in [6.07, 6.45) is 0.815. The van der Waals surface area contributed by atoms with Crippen molar-refractivity contribution < 1.29 is 0 Å². The fraction of sp³-hybridized carbons (Fsp3) is 0.400. The van der Waals surface area contributed by atoms with Crippen molar-refractivity contribution >= 4 is 23.3 Å². The van der Waals surface area contributed by atoms with Crippen molar-refractivity contribution in [1.82, 2.24) is 9.88 Å². The molecule has 4 nitrogen and oxygen atoms in total. The van der Waals surface area contributed by atoms with Gasteiger partial charge in [-0.2, -0.15) is 0 Å². The van der Waals surface area contributed by atoms with E-state index in [0.717, 1.165) is 30.2 Å². The van der Waals surface area contributed by atoms with Crippen LogP contribution in [0, 0.1) is 0 Å². The molecule has 1 aromatic heterocycles. The predicted molar refractivity (Wildman–Crippen MR) is 61.7 cm³/mol. The van der Waals surface area contributed by atoms with E-state index >= 15 is 0 Å². The van der Waals surface area contributed by atoms with Gasteiger partial charge in [-0.3, -0.25) is 0 Å². The molecule has 0 aliphatic carbocycles. The monoisotopic (exact) mass is 224 g/mol. The molecule has 1 aliphatic rings. The lowest BCUT2D eigenvalue weighted by molar-refractivity contribution is 0.510. The Bertz CT molecular complexity index is 402. The molecule has 1 aromatic rings. The van der Waals surface area contributed by atoms with Crippen molar-refractivity contribution in [2.75, 3.05) is 20.1 Å². The molecule has 0 bridgehead atoms. The summed E-state index contributed by atoms with van der Waals surface area (Å²) in [4.78, 5) is 10.6. The Labute approximate surface area is 93.8 Å². The van der Waals surface area contributed by atoms with Gasteiger partial charge >= 0.3 is 0 Å². The Kier molecular flexibility index (Phi) is 2.88. The van der Waals surface area contributed by atoms with Crippen LogP contribution in [0.25, 0.3) is 0 Å². The summed E-state index contributed by atoms with van der Waals surface area (Å²) in [5.41, 5.74) is 6.62. The largest absolute Gasteiger partial charge is 0.362 e. The van der Waals surface area contributed by atoms with Crippen LogP contribution in [0.3, 0.4) is 0 Å². The van der Waals surface area contributed by atoms with Crippen molar-refractivity contribution in [2.45, 2.75) is 6.42 Å². The van der Waals surface area contributed by atoms with E-state index in [2.05, 4.69) is 14.9 Å². The Morgan fingerprint density at radius 2 is 2.33 bits per heavy atom. The number of hydrogen-bond donors (Lipinski definition) is 1. The minimum Gasteiger partial charge on any atom is -0.362 e. The second-order valence-electron chi connectivity index (χ2n) is 3.53. The number of amidine groups is 1. The van der Waals surface area contributed by atoms with E-state index in [1.165, 1.54) is 0 Å². The topological polar surface area (TPSA) is 54.5 Å². The van der Waals surface area contributed by atoms with Crippen molar-refractivity contribution in [3.8, 4) is 0 Å². The van der Waals surface area contributed by atoms with Crippen LogP contribution in [-0.4, -0.2) is 35.9 Å². The van der Waals surface area contributed by atoms with E-state index < -0.39 is 0 Å². The Balaban J connectivity index is 2.19. The third kappa shape index (κ3) is 2.11. The number of aliphatic imine (C=N–C) groups is 1. The minimum atomic E-state index is 0.486. The van der Waals surface area contributed by atoms with Gasteiger partial charge in [-0.1, -0.05) is 17.7 Å². The van der Waals surface area contributed by atoms with E-state index in [-0.39, 0.29) is 0 Å². The van der Waals surface area contributed by atoms with Gasteiger partial charge < -0.3 is 10.6 Å². The molecule has 1 aliphatic heterocycles. The normalized spacial score (nSPS) is 13.7. The Morgan fingerprint density at radius 1 is 1.53 bits per heavy atom. The van der Waals surface area contributed by atoms with Crippen molar-refractivity contribution in [3.05, 3.63) is 22.8 Å². The van der Waals surface area contributed by atoms with E-state index in [1.807, 2.05) is 13.1 Å². The Morgan fingerprint density at radius 3 is 3.07 bits per heavy atom. The molecule has 0 atom stereocenters. The highest BCUT2D eigenvalue weighted by Crippen LogP contribution is 2.26. The maximum Gasteiger partial charge on any atom is 0.159 e. The molecule has 2 heterocycles. The van der Waals surface area contributed by atoms with Gasteiger partial charge in [0, 0.05) is 32.1 Å². The van der Waals surface area contributed by atoms with Gasteiger partial charge in [-0.25, -0.2) is 9.98 Å². The van der Waals surface area contributed by atoms with E-state index in [4.69, 9.17) is 17.3 Å². The molecular weight excluding hydrogens is 212 g/mol. The smallest absolute Gasteiger partial charge is 0.159 e. The molecule has 15 heavy (non-hydrogen) atoms. The van der Waals surface area contributed by atoms with E-state index in [9.17, 15) is 0 Å². The third-order valence-electron chi connectivity index (χ3n) is 2.41. The number of pyridine rings is 1. The van der Waals surface area contributed by atoms with Gasteiger partial charge in [-0.05, 0) is 6.07 Å². The summed E-state index contributed by atoms with van der Waals surface area (Å²) in [6.45, 7) is 1.43. The van der Waals surface area contributed by atoms with Crippen LogP contribution >= 0.6 is 11.6 Å². The highest BCUT2D eigenvalue weighted by molar-refractivity contribution is 6.29. The van der Waals surface area contributed by atoms with Crippen LogP contribution < -0.4 is 5.73 Å². The van der Waals surface area contributed by atoms with E-state index in [1.54, 1.807) is 6.07 Å². The molecule has 0 aromatic carbocycles. The second-order valence-corrected chi connectivity index (χ2v) is 3.92. The highest BCUT2D eigenvalue weighted by Gasteiger charge is 2.18. The Hall–Kier alpha value is -1.13. The first-order chi connectivity index (χ1) is 7.20. The van der Waals surface area contributed by atoms with E-state index in [0.29, 0.717) is 11.7 Å². The van der Waals surface area contributed by atoms with Gasteiger partial charge in [0.05, 0.1) is 0 Å². The third-order valence-corrected chi connectivity index (χ3v) is 2.62. The summed E-state index contributed by atoms with van der Waals surface area (Å²) < 4.78 is 0. The molecule has 2 rings (SSSR count). The molecule has 0 radical (unpaired) electrons. The molecular formula is C10H13ClN4. The first-order valence-electron chi connectivity index (χ1n) is 4.85. The fourth-order valence-corrected chi connectivity index (χ4v) is 1.71. The second kappa shape index (κ2) is 4.16. The number of likely N-dealkylation sites (N-methyl/N-ethyl adjacent to an activating group) is 1. The van der Waals surface area contributed by atoms with Crippen LogP contribution in [0.5, 0.6) is 0 Å². The van der Waals surface area contributed by atoms with Crippen LogP contribution in [0.4, 0.5) is 5.82 Å². The molecule has 0 amide bonds. The standard InChI is InChI=1S/C10H13ClN4/c1-15(5-4-12)9-6-7-2-3-8(11)13-10(7)14-9/h2-3H,4-6,12H2,1H3. The average Bonchev–Trinajstić information content (AvgIpc) is 2.60. The first-order valence-corrected chi connectivity index (χ1v) is 5.22. The van der Waals surface area contributed by atoms with Gasteiger partial charge in [0.25, 0.3) is 0 Å². The number of aromatic nitrogens is 1. The molecule has 5 heteroatoms. The zero-order valence-corrected chi connectivity index (χ0v) is 9.33. The number of fused-ring (bicyclic) bond motifs is 1. The van der Waals surface area contributed by atoms with Crippen LogP contribution in [0.15, 0.2) is 17.1 Å². The number of halogens is 1. The number of nitrogens with zero attached hydrogens (tertiary/aromatic N) is 3. The van der Waals surface area contributed by atoms with Crippen molar-refractivity contribution in [1.29, 1.82) is 0 Å². The number of rotatable bonds is 2. The molecule has 80 valence electrons. The lowest BCUT2D eigenvalue weighted by atomic mass is 10.2. The van der Waals surface area contributed by atoms with Crippen molar-refractivity contribution in [3.63, 3.8) is 0 Å². The summed E-state index contributed by atoms with van der Waals surface area (Å²) in [5.74, 6) is 1.74. The lowest BCUT2D eigenvalue weighted by Gasteiger charge is -2.16. The number of hydrogen-bond acceptors (Lipinski definition) is 4. The predicted octanol–water partition coefficient (Wildman–Crippen LogP) is 1.21. The molecule has 0 saturated heterocycles. The van der Waals surface area contributed by atoms with Gasteiger partial charge in [0.1, 0.15) is 11.0 Å². The van der Waals surface area contributed by atoms with Crippen LogP contribution in [0.1, 0.15) is 5.56 Å². The highest BCUT2D eigenvalue weighted by atomic mass is 35.5. The molecule has 0 spiro atoms. The van der Waals surface area contributed by atoms with Crippen LogP contribution in [-0.2, 0) is 6.42 Å². The lowest BCUT2D eigenvalue weighted by Crippen LogP contribution is -2.31. The maximum absolute atomic E-state index is 5.80. The number of nitrogens with two attached hydrogens (primary N) is 1. The van der Waals surface area contributed by atoms with Gasteiger partial charge in [0.2, 0.25) is 0 Å². The molecule has 0 unspecified atom stereocenters.